The normalized spacial score (nSPS) is 34.7. The van der Waals surface area contributed by atoms with E-state index in [0.29, 0.717) is 11.3 Å². The number of allylic oxidation sites excluding steroid dienone is 2. The van der Waals surface area contributed by atoms with Gasteiger partial charge in [-0.05, 0) is 38.7 Å². The van der Waals surface area contributed by atoms with Crippen LogP contribution in [0.25, 0.3) is 0 Å². The fraction of sp³-hybridized carbons (Fsp3) is 0.389. The van der Waals surface area contributed by atoms with E-state index < -0.39 is 17.9 Å². The zero-order valence-electron chi connectivity index (χ0n) is 13.1. The number of hydrogen-bond donors (Lipinski definition) is 0. The van der Waals surface area contributed by atoms with Crippen molar-refractivity contribution in [3.63, 3.8) is 0 Å². The van der Waals surface area contributed by atoms with Crippen LogP contribution >= 0.6 is 0 Å². The van der Waals surface area contributed by atoms with Crippen molar-refractivity contribution in [2.75, 3.05) is 0 Å². The summed E-state index contributed by atoms with van der Waals surface area (Å²) in [7, 11) is 0. The van der Waals surface area contributed by atoms with Gasteiger partial charge in [0.2, 0.25) is 6.10 Å². The van der Waals surface area contributed by atoms with Crippen molar-refractivity contribution >= 4 is 5.97 Å². The third kappa shape index (κ3) is 2.60. The average molecular weight is 312 g/mol. The third-order valence-electron chi connectivity index (χ3n) is 3.81. The zero-order valence-corrected chi connectivity index (χ0v) is 13.1. The van der Waals surface area contributed by atoms with E-state index in [-0.39, 0.29) is 12.2 Å². The fourth-order valence-corrected chi connectivity index (χ4v) is 2.43. The van der Waals surface area contributed by atoms with Gasteiger partial charge < -0.3 is 18.9 Å². The standard InChI is InChI=1S/C18H16O5/c1-4-6-7-8-9-13-15-16(22-15)18(23-13)14(10-11-20-18)21-17(19)12(3)5-2/h5,9-11,14-16H,1-3H3/t14-,15-,16-,18+/m0/s1. The molecule has 0 unspecified atom stereocenters. The smallest absolute Gasteiger partial charge is 0.334 e. The molecule has 3 rings (SSSR count). The van der Waals surface area contributed by atoms with Crippen molar-refractivity contribution in [3.8, 4) is 23.7 Å². The maximum absolute atomic E-state index is 12.0. The Bertz CT molecular complexity index is 737. The minimum absolute atomic E-state index is 0.220. The predicted molar refractivity (Wildman–Crippen MR) is 81.3 cm³/mol. The maximum Gasteiger partial charge on any atom is 0.334 e. The highest BCUT2D eigenvalue weighted by molar-refractivity contribution is 5.87. The lowest BCUT2D eigenvalue weighted by Gasteiger charge is -2.30. The third-order valence-corrected chi connectivity index (χ3v) is 3.81. The van der Waals surface area contributed by atoms with Gasteiger partial charge in [0.15, 0.2) is 12.2 Å². The molecule has 5 nitrogen and oxygen atoms in total. The Labute approximate surface area is 134 Å². The van der Waals surface area contributed by atoms with Gasteiger partial charge in [-0.1, -0.05) is 17.9 Å². The van der Waals surface area contributed by atoms with Gasteiger partial charge in [0.25, 0.3) is 0 Å². The van der Waals surface area contributed by atoms with Crippen LogP contribution in [0, 0.1) is 23.7 Å². The van der Waals surface area contributed by atoms with E-state index in [0.717, 1.165) is 0 Å². The van der Waals surface area contributed by atoms with Crippen LogP contribution in [0.5, 0.6) is 0 Å². The van der Waals surface area contributed by atoms with E-state index in [1.165, 1.54) is 6.26 Å². The zero-order chi connectivity index (χ0) is 16.4. The molecule has 3 aliphatic rings. The Hall–Kier alpha value is -2.63. The lowest BCUT2D eigenvalue weighted by molar-refractivity contribution is -0.226. The van der Waals surface area contributed by atoms with Crippen LogP contribution in [0.1, 0.15) is 20.8 Å². The van der Waals surface area contributed by atoms with Crippen molar-refractivity contribution in [1.29, 1.82) is 0 Å². The number of rotatable bonds is 2. The molecule has 3 heterocycles. The highest BCUT2D eigenvalue weighted by atomic mass is 16.8. The highest BCUT2D eigenvalue weighted by Gasteiger charge is 2.72. The molecule has 0 saturated carbocycles. The van der Waals surface area contributed by atoms with E-state index >= 15 is 0 Å². The molecule has 2 saturated heterocycles. The van der Waals surface area contributed by atoms with Gasteiger partial charge in [-0.3, -0.25) is 0 Å². The molecule has 0 radical (unpaired) electrons. The summed E-state index contributed by atoms with van der Waals surface area (Å²) in [6, 6.07) is 0. The SMILES string of the molecule is CC#CC#CC=C1O[C@@]2(OC=C[C@@H]2OC(=O)C(C)=CC)[C@H]2O[C@@H]12. The minimum atomic E-state index is -1.15. The number of ether oxygens (including phenoxy) is 4. The summed E-state index contributed by atoms with van der Waals surface area (Å²) in [6.45, 7) is 5.18. The Balaban J connectivity index is 1.76. The van der Waals surface area contributed by atoms with Crippen LogP contribution in [-0.4, -0.2) is 30.1 Å². The van der Waals surface area contributed by atoms with Crippen LogP contribution in [0.3, 0.4) is 0 Å². The Morgan fingerprint density at radius 1 is 1.43 bits per heavy atom. The van der Waals surface area contributed by atoms with Gasteiger partial charge in [-0.25, -0.2) is 4.79 Å². The van der Waals surface area contributed by atoms with E-state index in [1.54, 1.807) is 39.0 Å². The van der Waals surface area contributed by atoms with Crippen LogP contribution in [0.15, 0.2) is 35.8 Å². The van der Waals surface area contributed by atoms with Crippen LogP contribution < -0.4 is 0 Å². The number of hydrogen-bond acceptors (Lipinski definition) is 5. The molecule has 0 aromatic carbocycles. The fourth-order valence-electron chi connectivity index (χ4n) is 2.43. The van der Waals surface area contributed by atoms with E-state index in [9.17, 15) is 4.79 Å². The van der Waals surface area contributed by atoms with Crippen molar-refractivity contribution in [2.24, 2.45) is 0 Å². The van der Waals surface area contributed by atoms with Gasteiger partial charge in [0, 0.05) is 11.6 Å². The van der Waals surface area contributed by atoms with Gasteiger partial charge in [0.05, 0.1) is 6.26 Å². The van der Waals surface area contributed by atoms with E-state index in [2.05, 4.69) is 23.7 Å². The van der Waals surface area contributed by atoms with Crippen LogP contribution in [-0.2, 0) is 23.7 Å². The molecular formula is C18H16O5. The van der Waals surface area contributed by atoms with E-state index in [4.69, 9.17) is 18.9 Å². The number of carbonyl (C=O) groups excluding carboxylic acids is 1. The number of epoxide rings is 1. The first-order chi connectivity index (χ1) is 11.1. The van der Waals surface area contributed by atoms with Crippen LogP contribution in [0.2, 0.25) is 0 Å². The average Bonchev–Trinajstić information content (AvgIpc) is 3.19. The monoisotopic (exact) mass is 312 g/mol. The number of carbonyl (C=O) groups is 1. The predicted octanol–water partition coefficient (Wildman–Crippen LogP) is 1.81. The molecule has 0 N–H and O–H groups in total. The molecule has 0 aromatic heterocycles. The summed E-state index contributed by atoms with van der Waals surface area (Å²) in [5.41, 5.74) is 0.520. The molecule has 4 atom stereocenters. The summed E-state index contributed by atoms with van der Waals surface area (Å²) >= 11 is 0. The van der Waals surface area contributed by atoms with Crippen molar-refractivity contribution in [1.82, 2.24) is 0 Å². The maximum atomic E-state index is 12.0. The molecule has 0 aromatic rings. The summed E-state index contributed by atoms with van der Waals surface area (Å²) in [4.78, 5) is 12.0. The Morgan fingerprint density at radius 3 is 3.00 bits per heavy atom. The molecular weight excluding hydrogens is 296 g/mol. The second-order valence-electron chi connectivity index (χ2n) is 5.24. The first kappa shape index (κ1) is 15.3. The second-order valence-corrected chi connectivity index (χ2v) is 5.24. The van der Waals surface area contributed by atoms with Crippen molar-refractivity contribution in [2.45, 2.75) is 44.9 Å². The van der Waals surface area contributed by atoms with Gasteiger partial charge >= 0.3 is 11.8 Å². The lowest BCUT2D eigenvalue weighted by atomic mass is 10.1. The first-order valence-electron chi connectivity index (χ1n) is 7.27. The van der Waals surface area contributed by atoms with Crippen LogP contribution in [0.4, 0.5) is 0 Å². The Morgan fingerprint density at radius 2 is 2.26 bits per heavy atom. The Kier molecular flexibility index (Phi) is 3.90. The molecule has 2 fully saturated rings. The molecule has 3 aliphatic heterocycles. The van der Waals surface area contributed by atoms with Gasteiger partial charge in [-0.15, -0.1) is 0 Å². The summed E-state index contributed by atoms with van der Waals surface area (Å²) in [5.74, 6) is 9.79. The molecule has 0 amide bonds. The first-order valence-corrected chi connectivity index (χ1v) is 7.27. The van der Waals surface area contributed by atoms with Crippen molar-refractivity contribution in [3.05, 3.63) is 35.8 Å². The lowest BCUT2D eigenvalue weighted by Crippen LogP contribution is -2.47. The molecule has 118 valence electrons. The summed E-state index contributed by atoms with van der Waals surface area (Å²) < 4.78 is 22.6. The minimum Gasteiger partial charge on any atom is -0.454 e. The molecule has 5 heteroatoms. The van der Waals surface area contributed by atoms with Crippen molar-refractivity contribution < 1.29 is 23.7 Å². The molecule has 0 aliphatic carbocycles. The largest absolute Gasteiger partial charge is 0.454 e. The molecule has 1 spiro atoms. The summed E-state index contributed by atoms with van der Waals surface area (Å²) in [6.07, 6.45) is 5.22. The second kappa shape index (κ2) is 5.87. The molecule has 0 bridgehead atoms. The van der Waals surface area contributed by atoms with Gasteiger partial charge in [0.1, 0.15) is 5.76 Å². The number of esters is 1. The molecule has 23 heavy (non-hydrogen) atoms. The quantitative estimate of drug-likeness (QED) is 0.337. The topological polar surface area (TPSA) is 57.3 Å². The summed E-state index contributed by atoms with van der Waals surface area (Å²) in [5, 5.41) is 0. The highest BCUT2D eigenvalue weighted by Crippen LogP contribution is 2.53. The van der Waals surface area contributed by atoms with E-state index in [1.807, 2.05) is 0 Å². The number of fused-ring (bicyclic) bond motifs is 2. The van der Waals surface area contributed by atoms with Gasteiger partial charge in [-0.2, -0.15) is 0 Å².